The second-order valence-electron chi connectivity index (χ2n) is 6.03. The molecule has 0 radical (unpaired) electrons. The zero-order valence-corrected chi connectivity index (χ0v) is 14.6. The highest BCUT2D eigenvalue weighted by atomic mass is 16.5. The zero-order chi connectivity index (χ0) is 17.8. The van der Waals surface area contributed by atoms with Crippen LogP contribution in [0, 0.1) is 0 Å². The van der Waals surface area contributed by atoms with Crippen LogP contribution in [-0.4, -0.2) is 12.1 Å². The fourth-order valence-electron chi connectivity index (χ4n) is 2.91. The molecule has 0 aliphatic heterocycles. The number of fused-ring (bicyclic) bond motifs is 1. The molecule has 128 valence electrons. The number of para-hydroxylation sites is 1. The van der Waals surface area contributed by atoms with Crippen molar-refractivity contribution in [2.75, 3.05) is 7.11 Å². The second kappa shape index (κ2) is 7.28. The van der Waals surface area contributed by atoms with Gasteiger partial charge in [0.05, 0.1) is 18.3 Å². The van der Waals surface area contributed by atoms with E-state index in [-0.39, 0.29) is 0 Å². The number of ether oxygens (including phenoxy) is 2. The summed E-state index contributed by atoms with van der Waals surface area (Å²) in [5.41, 5.74) is 3.97. The van der Waals surface area contributed by atoms with Crippen LogP contribution in [0.15, 0.2) is 84.9 Å². The Morgan fingerprint density at radius 2 is 1.54 bits per heavy atom. The predicted octanol–water partition coefficient (Wildman–Crippen LogP) is 5.49. The van der Waals surface area contributed by atoms with Crippen LogP contribution in [-0.2, 0) is 6.61 Å². The second-order valence-corrected chi connectivity index (χ2v) is 6.03. The monoisotopic (exact) mass is 341 g/mol. The Morgan fingerprint density at radius 1 is 0.808 bits per heavy atom. The molecule has 4 aromatic rings. The molecule has 0 spiro atoms. The van der Waals surface area contributed by atoms with Crippen LogP contribution in [0.25, 0.3) is 22.2 Å². The third kappa shape index (κ3) is 3.38. The Bertz CT molecular complexity index is 1010. The van der Waals surface area contributed by atoms with Crippen molar-refractivity contribution in [1.82, 2.24) is 4.98 Å². The minimum absolute atomic E-state index is 0.525. The zero-order valence-electron chi connectivity index (χ0n) is 14.6. The Hall–Kier alpha value is -3.33. The van der Waals surface area contributed by atoms with Crippen LogP contribution in [0.5, 0.6) is 11.5 Å². The van der Waals surface area contributed by atoms with Gasteiger partial charge in [0, 0.05) is 17.0 Å². The average Bonchev–Trinajstić information content (AvgIpc) is 2.72. The van der Waals surface area contributed by atoms with Crippen molar-refractivity contribution in [1.29, 1.82) is 0 Å². The van der Waals surface area contributed by atoms with Crippen molar-refractivity contribution >= 4 is 10.9 Å². The van der Waals surface area contributed by atoms with E-state index in [4.69, 9.17) is 14.5 Å². The Morgan fingerprint density at radius 3 is 2.31 bits per heavy atom. The Balaban J connectivity index is 1.72. The summed E-state index contributed by atoms with van der Waals surface area (Å²) in [4.78, 5) is 4.80. The molecule has 0 amide bonds. The van der Waals surface area contributed by atoms with E-state index in [1.165, 1.54) is 0 Å². The van der Waals surface area contributed by atoms with Gasteiger partial charge in [0.25, 0.3) is 0 Å². The molecule has 0 aliphatic rings. The van der Waals surface area contributed by atoms with E-state index < -0.39 is 0 Å². The molecule has 0 saturated heterocycles. The molecule has 0 fully saturated rings. The third-order valence-corrected chi connectivity index (χ3v) is 4.30. The minimum Gasteiger partial charge on any atom is -0.497 e. The van der Waals surface area contributed by atoms with Gasteiger partial charge < -0.3 is 9.47 Å². The first kappa shape index (κ1) is 16.2. The lowest BCUT2D eigenvalue weighted by Gasteiger charge is -2.12. The maximum absolute atomic E-state index is 6.15. The number of pyridine rings is 1. The van der Waals surface area contributed by atoms with Crippen molar-refractivity contribution in [3.63, 3.8) is 0 Å². The van der Waals surface area contributed by atoms with E-state index in [1.54, 1.807) is 7.11 Å². The van der Waals surface area contributed by atoms with Crippen LogP contribution in [0.2, 0.25) is 0 Å². The van der Waals surface area contributed by atoms with Crippen molar-refractivity contribution in [3.8, 4) is 22.8 Å². The maximum Gasteiger partial charge on any atom is 0.131 e. The molecule has 3 nitrogen and oxygen atoms in total. The highest BCUT2D eigenvalue weighted by Crippen LogP contribution is 2.31. The summed E-state index contributed by atoms with van der Waals surface area (Å²) in [6, 6.07) is 28.1. The first-order valence-corrected chi connectivity index (χ1v) is 8.54. The highest BCUT2D eigenvalue weighted by molar-refractivity contribution is 5.87. The van der Waals surface area contributed by atoms with E-state index in [9.17, 15) is 0 Å². The normalized spacial score (nSPS) is 10.7. The van der Waals surface area contributed by atoms with Gasteiger partial charge in [-0.1, -0.05) is 42.5 Å². The molecule has 0 aliphatic carbocycles. The van der Waals surface area contributed by atoms with Crippen LogP contribution in [0.4, 0.5) is 0 Å². The topological polar surface area (TPSA) is 31.4 Å². The van der Waals surface area contributed by atoms with Crippen LogP contribution >= 0.6 is 0 Å². The summed E-state index contributed by atoms with van der Waals surface area (Å²) in [5.74, 6) is 1.67. The molecular formula is C23H19NO2. The smallest absolute Gasteiger partial charge is 0.131 e. The molecule has 3 heteroatoms. The van der Waals surface area contributed by atoms with Gasteiger partial charge in [-0.2, -0.15) is 0 Å². The molecule has 26 heavy (non-hydrogen) atoms. The van der Waals surface area contributed by atoms with Crippen LogP contribution < -0.4 is 9.47 Å². The number of rotatable bonds is 5. The molecule has 0 atom stereocenters. The van der Waals surface area contributed by atoms with Crippen molar-refractivity contribution in [3.05, 3.63) is 90.5 Å². The van der Waals surface area contributed by atoms with Gasteiger partial charge in [-0.15, -0.1) is 0 Å². The SMILES string of the molecule is COc1ccc(-c2cc(OCc3ccccc3)c3ccccc3n2)cc1. The lowest BCUT2D eigenvalue weighted by atomic mass is 10.1. The van der Waals surface area contributed by atoms with E-state index >= 15 is 0 Å². The predicted molar refractivity (Wildman–Crippen MR) is 105 cm³/mol. The summed E-state index contributed by atoms with van der Waals surface area (Å²) in [7, 11) is 1.67. The summed E-state index contributed by atoms with van der Waals surface area (Å²) in [6.07, 6.45) is 0. The third-order valence-electron chi connectivity index (χ3n) is 4.30. The largest absolute Gasteiger partial charge is 0.497 e. The van der Waals surface area contributed by atoms with E-state index in [1.807, 2.05) is 72.8 Å². The number of hydrogen-bond donors (Lipinski definition) is 0. The summed E-state index contributed by atoms with van der Waals surface area (Å²) in [5, 5.41) is 1.01. The van der Waals surface area contributed by atoms with E-state index in [0.29, 0.717) is 6.61 Å². The van der Waals surface area contributed by atoms with Gasteiger partial charge in [-0.05, 0) is 42.0 Å². The molecule has 4 rings (SSSR count). The van der Waals surface area contributed by atoms with Gasteiger partial charge in [0.2, 0.25) is 0 Å². The molecule has 0 unspecified atom stereocenters. The fourth-order valence-corrected chi connectivity index (χ4v) is 2.91. The van der Waals surface area contributed by atoms with Crippen LogP contribution in [0.3, 0.4) is 0 Å². The fraction of sp³-hybridized carbons (Fsp3) is 0.0870. The summed E-state index contributed by atoms with van der Waals surface area (Å²) < 4.78 is 11.4. The molecule has 0 N–H and O–H groups in total. The number of nitrogens with zero attached hydrogens (tertiary/aromatic N) is 1. The van der Waals surface area contributed by atoms with Crippen LogP contribution in [0.1, 0.15) is 5.56 Å². The first-order valence-electron chi connectivity index (χ1n) is 8.54. The van der Waals surface area contributed by atoms with E-state index in [2.05, 4.69) is 12.1 Å². The van der Waals surface area contributed by atoms with Crippen molar-refractivity contribution in [2.45, 2.75) is 6.61 Å². The molecular weight excluding hydrogens is 322 g/mol. The van der Waals surface area contributed by atoms with Gasteiger partial charge in [-0.3, -0.25) is 0 Å². The Kier molecular flexibility index (Phi) is 4.52. The standard InChI is InChI=1S/C23H19NO2/c1-25-19-13-11-18(12-14-19)22-15-23(20-9-5-6-10-21(20)24-22)26-16-17-7-3-2-4-8-17/h2-15H,16H2,1H3. The lowest BCUT2D eigenvalue weighted by molar-refractivity contribution is 0.310. The Labute approximate surface area is 152 Å². The number of hydrogen-bond acceptors (Lipinski definition) is 3. The van der Waals surface area contributed by atoms with Gasteiger partial charge in [0.1, 0.15) is 18.1 Å². The first-order chi connectivity index (χ1) is 12.8. The quantitative estimate of drug-likeness (QED) is 0.481. The average molecular weight is 341 g/mol. The lowest BCUT2D eigenvalue weighted by Crippen LogP contribution is -1.97. The van der Waals surface area contributed by atoms with E-state index in [0.717, 1.165) is 39.2 Å². The van der Waals surface area contributed by atoms with Crippen molar-refractivity contribution in [2.24, 2.45) is 0 Å². The summed E-state index contributed by atoms with van der Waals surface area (Å²) >= 11 is 0. The highest BCUT2D eigenvalue weighted by Gasteiger charge is 2.09. The number of aromatic nitrogens is 1. The van der Waals surface area contributed by atoms with Gasteiger partial charge >= 0.3 is 0 Å². The van der Waals surface area contributed by atoms with Crippen molar-refractivity contribution < 1.29 is 9.47 Å². The minimum atomic E-state index is 0.525. The number of benzene rings is 3. The molecule has 1 aromatic heterocycles. The maximum atomic E-state index is 6.15. The van der Waals surface area contributed by atoms with Gasteiger partial charge in [0.15, 0.2) is 0 Å². The molecule has 0 bridgehead atoms. The molecule has 3 aromatic carbocycles. The summed E-state index contributed by atoms with van der Waals surface area (Å²) in [6.45, 7) is 0.525. The molecule has 1 heterocycles. The number of methoxy groups -OCH3 is 1. The van der Waals surface area contributed by atoms with Gasteiger partial charge in [-0.25, -0.2) is 4.98 Å². The molecule has 0 saturated carbocycles.